The maximum absolute atomic E-state index is 5.91. The lowest BCUT2D eigenvalue weighted by Crippen LogP contribution is -2.15. The Morgan fingerprint density at radius 1 is 1.35 bits per heavy atom. The quantitative estimate of drug-likeness (QED) is 0.768. The summed E-state index contributed by atoms with van der Waals surface area (Å²) in [4.78, 5) is 1.29. The standard InChI is InChI=1S/C13H17Br2NS/c14-12-7-11(17-13(12)15)6-10(8-16)9-4-2-1-3-5-9/h6-7,9H,1-5,8,16H2. The van der Waals surface area contributed by atoms with Gasteiger partial charge in [0.05, 0.1) is 3.79 Å². The van der Waals surface area contributed by atoms with Crippen LogP contribution in [0.3, 0.4) is 0 Å². The number of hydrogen-bond acceptors (Lipinski definition) is 2. The summed E-state index contributed by atoms with van der Waals surface area (Å²) in [6.45, 7) is 0.692. The van der Waals surface area contributed by atoms with Gasteiger partial charge in [-0.2, -0.15) is 0 Å². The van der Waals surface area contributed by atoms with Crippen LogP contribution in [0.15, 0.2) is 19.9 Å². The van der Waals surface area contributed by atoms with Crippen LogP contribution in [0.5, 0.6) is 0 Å². The summed E-state index contributed by atoms with van der Waals surface area (Å²) in [5.74, 6) is 0.716. The van der Waals surface area contributed by atoms with E-state index in [9.17, 15) is 0 Å². The highest BCUT2D eigenvalue weighted by molar-refractivity contribution is 9.13. The second-order valence-corrected chi connectivity index (χ2v) is 7.78. The molecule has 1 heterocycles. The predicted octanol–water partition coefficient (Wildman–Crippen LogP) is 5.20. The number of halogens is 2. The molecule has 1 aromatic rings. The minimum absolute atomic E-state index is 0.692. The van der Waals surface area contributed by atoms with Gasteiger partial charge < -0.3 is 5.73 Å². The maximum Gasteiger partial charge on any atom is 0.0846 e. The van der Waals surface area contributed by atoms with Crippen molar-refractivity contribution < 1.29 is 0 Å². The van der Waals surface area contributed by atoms with E-state index in [1.165, 1.54) is 42.6 Å². The van der Waals surface area contributed by atoms with Gasteiger partial charge in [0.1, 0.15) is 0 Å². The van der Waals surface area contributed by atoms with E-state index in [1.807, 2.05) is 0 Å². The molecule has 0 aromatic carbocycles. The van der Waals surface area contributed by atoms with Gasteiger partial charge >= 0.3 is 0 Å². The number of thiophene rings is 1. The lowest BCUT2D eigenvalue weighted by molar-refractivity contribution is 0.401. The lowest BCUT2D eigenvalue weighted by Gasteiger charge is -2.23. The Kier molecular flexibility index (Phi) is 5.27. The van der Waals surface area contributed by atoms with E-state index < -0.39 is 0 Å². The summed E-state index contributed by atoms with van der Waals surface area (Å²) >= 11 is 8.82. The van der Waals surface area contributed by atoms with Crippen molar-refractivity contribution in [3.63, 3.8) is 0 Å². The molecule has 0 radical (unpaired) electrons. The van der Waals surface area contributed by atoms with Gasteiger partial charge in [0, 0.05) is 15.9 Å². The van der Waals surface area contributed by atoms with Crippen molar-refractivity contribution >= 4 is 49.3 Å². The van der Waals surface area contributed by atoms with Crippen molar-refractivity contribution in [3.05, 3.63) is 24.8 Å². The lowest BCUT2D eigenvalue weighted by atomic mass is 9.83. The van der Waals surface area contributed by atoms with Crippen LogP contribution in [-0.2, 0) is 0 Å². The minimum Gasteiger partial charge on any atom is -0.327 e. The Morgan fingerprint density at radius 2 is 2.06 bits per heavy atom. The van der Waals surface area contributed by atoms with Crippen LogP contribution in [-0.4, -0.2) is 6.54 Å². The van der Waals surface area contributed by atoms with E-state index in [0.717, 1.165) is 8.26 Å². The Morgan fingerprint density at radius 3 is 2.59 bits per heavy atom. The fourth-order valence-corrected chi connectivity index (χ4v) is 4.50. The Bertz CT molecular complexity index is 386. The van der Waals surface area contributed by atoms with Crippen molar-refractivity contribution in [2.24, 2.45) is 11.7 Å². The van der Waals surface area contributed by atoms with Gasteiger partial charge in [0.25, 0.3) is 0 Å². The highest BCUT2D eigenvalue weighted by atomic mass is 79.9. The molecule has 0 saturated heterocycles. The second kappa shape index (κ2) is 6.50. The Balaban J connectivity index is 2.16. The van der Waals surface area contributed by atoms with Crippen molar-refractivity contribution in [2.75, 3.05) is 6.54 Å². The van der Waals surface area contributed by atoms with Gasteiger partial charge in [-0.05, 0) is 62.8 Å². The van der Waals surface area contributed by atoms with Crippen LogP contribution in [0, 0.1) is 5.92 Å². The number of nitrogens with two attached hydrogens (primary N) is 1. The molecular weight excluding hydrogens is 362 g/mol. The zero-order valence-electron chi connectivity index (χ0n) is 9.72. The van der Waals surface area contributed by atoms with E-state index in [4.69, 9.17) is 5.73 Å². The first-order valence-electron chi connectivity index (χ1n) is 6.06. The van der Waals surface area contributed by atoms with E-state index in [2.05, 4.69) is 44.0 Å². The third-order valence-electron chi connectivity index (χ3n) is 3.36. The Labute approximate surface area is 124 Å². The number of hydrogen-bond donors (Lipinski definition) is 1. The van der Waals surface area contributed by atoms with Gasteiger partial charge in [0.15, 0.2) is 0 Å². The minimum atomic E-state index is 0.692. The maximum atomic E-state index is 5.91. The van der Waals surface area contributed by atoms with Crippen LogP contribution in [0.25, 0.3) is 6.08 Å². The van der Waals surface area contributed by atoms with Crippen LogP contribution < -0.4 is 5.73 Å². The summed E-state index contributed by atoms with van der Waals surface area (Å²) in [7, 11) is 0. The molecule has 2 rings (SSSR count). The van der Waals surface area contributed by atoms with Crippen molar-refractivity contribution in [2.45, 2.75) is 32.1 Å². The van der Waals surface area contributed by atoms with Gasteiger partial charge in [0.2, 0.25) is 0 Å². The molecule has 1 aromatic heterocycles. The molecule has 1 fully saturated rings. The van der Waals surface area contributed by atoms with Gasteiger partial charge in [-0.25, -0.2) is 0 Å². The third-order valence-corrected chi connectivity index (χ3v) is 6.56. The molecule has 0 aliphatic heterocycles. The van der Waals surface area contributed by atoms with Gasteiger partial charge in [-0.1, -0.05) is 24.8 Å². The summed E-state index contributed by atoms with van der Waals surface area (Å²) in [6, 6.07) is 2.16. The molecule has 94 valence electrons. The van der Waals surface area contributed by atoms with Crippen molar-refractivity contribution in [3.8, 4) is 0 Å². The third kappa shape index (κ3) is 3.66. The highest BCUT2D eigenvalue weighted by Crippen LogP contribution is 2.35. The summed E-state index contributed by atoms with van der Waals surface area (Å²) in [6.07, 6.45) is 9.04. The van der Waals surface area contributed by atoms with Crippen LogP contribution >= 0.6 is 43.2 Å². The van der Waals surface area contributed by atoms with Crippen LogP contribution in [0.4, 0.5) is 0 Å². The molecule has 1 aliphatic carbocycles. The number of rotatable bonds is 3. The fourth-order valence-electron chi connectivity index (χ4n) is 2.43. The van der Waals surface area contributed by atoms with Crippen molar-refractivity contribution in [1.82, 2.24) is 0 Å². The molecule has 0 unspecified atom stereocenters. The molecule has 0 amide bonds. The molecule has 0 spiro atoms. The average molecular weight is 379 g/mol. The summed E-state index contributed by atoms with van der Waals surface area (Å²) in [5, 5.41) is 0. The van der Waals surface area contributed by atoms with Crippen LogP contribution in [0.1, 0.15) is 37.0 Å². The molecule has 2 N–H and O–H groups in total. The predicted molar refractivity (Wildman–Crippen MR) is 83.3 cm³/mol. The molecule has 1 aliphatic rings. The molecule has 1 nitrogen and oxygen atoms in total. The molecular formula is C13H17Br2NS. The summed E-state index contributed by atoms with van der Waals surface area (Å²) in [5.41, 5.74) is 7.33. The smallest absolute Gasteiger partial charge is 0.0846 e. The summed E-state index contributed by atoms with van der Waals surface area (Å²) < 4.78 is 2.29. The zero-order valence-corrected chi connectivity index (χ0v) is 13.7. The van der Waals surface area contributed by atoms with Gasteiger partial charge in [-0.3, -0.25) is 0 Å². The van der Waals surface area contributed by atoms with E-state index in [0.29, 0.717) is 12.5 Å². The highest BCUT2D eigenvalue weighted by Gasteiger charge is 2.17. The van der Waals surface area contributed by atoms with Crippen LogP contribution in [0.2, 0.25) is 0 Å². The van der Waals surface area contributed by atoms with Crippen molar-refractivity contribution in [1.29, 1.82) is 0 Å². The van der Waals surface area contributed by atoms with Gasteiger partial charge in [-0.15, -0.1) is 11.3 Å². The molecule has 1 saturated carbocycles. The SMILES string of the molecule is NCC(=Cc1cc(Br)c(Br)s1)C1CCCCC1. The first-order chi connectivity index (χ1) is 8.20. The normalized spacial score (nSPS) is 18.6. The molecule has 0 bridgehead atoms. The monoisotopic (exact) mass is 377 g/mol. The molecule has 0 atom stereocenters. The second-order valence-electron chi connectivity index (χ2n) is 4.53. The van der Waals surface area contributed by atoms with E-state index in [1.54, 1.807) is 11.3 Å². The largest absolute Gasteiger partial charge is 0.327 e. The Hall–Kier alpha value is 0.360. The van der Waals surface area contributed by atoms with E-state index >= 15 is 0 Å². The fraction of sp³-hybridized carbons (Fsp3) is 0.538. The van der Waals surface area contributed by atoms with E-state index in [-0.39, 0.29) is 0 Å². The average Bonchev–Trinajstić information content (AvgIpc) is 2.67. The molecule has 4 heteroatoms. The first-order valence-corrected chi connectivity index (χ1v) is 8.46. The molecule has 17 heavy (non-hydrogen) atoms. The topological polar surface area (TPSA) is 26.0 Å². The first kappa shape index (κ1) is 13.8. The zero-order chi connectivity index (χ0) is 12.3.